The molecule has 0 atom stereocenters. The molecule has 2 aromatic carbocycles. The van der Waals surface area contributed by atoms with Crippen LogP contribution in [0.5, 0.6) is 5.75 Å². The van der Waals surface area contributed by atoms with Gasteiger partial charge in [-0.2, -0.15) is 0 Å². The van der Waals surface area contributed by atoms with Crippen molar-refractivity contribution in [2.24, 2.45) is 0 Å². The SMILES string of the molecule is COc1ccc(-c2cnc(CCC(=O)Nc3ccc(Br)cc3F)o2)cc1. The number of nitrogens with one attached hydrogen (secondary N) is 1. The van der Waals surface area contributed by atoms with Crippen LogP contribution in [0, 0.1) is 5.82 Å². The lowest BCUT2D eigenvalue weighted by atomic mass is 10.2. The minimum absolute atomic E-state index is 0.137. The summed E-state index contributed by atoms with van der Waals surface area (Å²) in [6.45, 7) is 0. The minimum Gasteiger partial charge on any atom is -0.497 e. The fourth-order valence-electron chi connectivity index (χ4n) is 2.34. The van der Waals surface area contributed by atoms with Crippen LogP contribution >= 0.6 is 15.9 Å². The molecule has 1 heterocycles. The molecule has 0 fully saturated rings. The molecule has 134 valence electrons. The van der Waals surface area contributed by atoms with Crippen LogP contribution in [0.4, 0.5) is 10.1 Å². The lowest BCUT2D eigenvalue weighted by Gasteiger charge is -2.06. The maximum absolute atomic E-state index is 13.7. The van der Waals surface area contributed by atoms with E-state index in [9.17, 15) is 9.18 Å². The highest BCUT2D eigenvalue weighted by Gasteiger charge is 2.11. The van der Waals surface area contributed by atoms with E-state index in [2.05, 4.69) is 26.2 Å². The third kappa shape index (κ3) is 4.49. The van der Waals surface area contributed by atoms with Crippen LogP contribution in [0.25, 0.3) is 11.3 Å². The lowest BCUT2D eigenvalue weighted by Crippen LogP contribution is -2.13. The maximum Gasteiger partial charge on any atom is 0.224 e. The topological polar surface area (TPSA) is 64.4 Å². The van der Waals surface area contributed by atoms with E-state index in [1.807, 2.05) is 24.3 Å². The van der Waals surface area contributed by atoms with E-state index in [1.165, 1.54) is 12.1 Å². The van der Waals surface area contributed by atoms with Gasteiger partial charge in [0, 0.05) is 22.9 Å². The van der Waals surface area contributed by atoms with Gasteiger partial charge in [-0.15, -0.1) is 0 Å². The van der Waals surface area contributed by atoms with E-state index >= 15 is 0 Å². The number of nitrogens with zero attached hydrogens (tertiary/aromatic N) is 1. The molecule has 0 aliphatic carbocycles. The summed E-state index contributed by atoms with van der Waals surface area (Å²) < 4.78 is 25.1. The molecular formula is C19H16BrFN2O3. The summed E-state index contributed by atoms with van der Waals surface area (Å²) in [4.78, 5) is 16.2. The predicted molar refractivity (Wildman–Crippen MR) is 99.5 cm³/mol. The molecule has 0 spiro atoms. The molecule has 0 aliphatic heterocycles. The smallest absolute Gasteiger partial charge is 0.224 e. The summed E-state index contributed by atoms with van der Waals surface area (Å²) in [6.07, 6.45) is 2.07. The number of hydrogen-bond acceptors (Lipinski definition) is 4. The average molecular weight is 419 g/mol. The second kappa shape index (κ2) is 8.14. The third-order valence-electron chi connectivity index (χ3n) is 3.70. The molecule has 26 heavy (non-hydrogen) atoms. The Morgan fingerprint density at radius 1 is 1.27 bits per heavy atom. The van der Waals surface area contributed by atoms with Crippen LogP contribution in [0.2, 0.25) is 0 Å². The van der Waals surface area contributed by atoms with Gasteiger partial charge in [0.05, 0.1) is 19.0 Å². The Kier molecular flexibility index (Phi) is 5.68. The highest BCUT2D eigenvalue weighted by atomic mass is 79.9. The van der Waals surface area contributed by atoms with Gasteiger partial charge in [0.15, 0.2) is 11.7 Å². The molecule has 3 rings (SSSR count). The van der Waals surface area contributed by atoms with E-state index in [0.29, 0.717) is 22.5 Å². The molecule has 0 unspecified atom stereocenters. The first kappa shape index (κ1) is 18.1. The van der Waals surface area contributed by atoms with Gasteiger partial charge in [-0.1, -0.05) is 15.9 Å². The molecule has 0 radical (unpaired) electrons. The van der Waals surface area contributed by atoms with Gasteiger partial charge in [-0.05, 0) is 42.5 Å². The van der Waals surface area contributed by atoms with Crippen LogP contribution in [-0.4, -0.2) is 18.0 Å². The predicted octanol–water partition coefficient (Wildman–Crippen LogP) is 4.82. The van der Waals surface area contributed by atoms with Gasteiger partial charge >= 0.3 is 0 Å². The first-order chi connectivity index (χ1) is 12.5. The van der Waals surface area contributed by atoms with E-state index < -0.39 is 5.82 Å². The van der Waals surface area contributed by atoms with Gasteiger partial charge in [-0.25, -0.2) is 9.37 Å². The number of carbonyl (C=O) groups excluding carboxylic acids is 1. The van der Waals surface area contributed by atoms with Gasteiger partial charge < -0.3 is 14.5 Å². The highest BCUT2D eigenvalue weighted by molar-refractivity contribution is 9.10. The van der Waals surface area contributed by atoms with Crippen LogP contribution in [0.15, 0.2) is 57.6 Å². The molecule has 5 nitrogen and oxygen atoms in total. The summed E-state index contributed by atoms with van der Waals surface area (Å²) >= 11 is 3.17. The monoisotopic (exact) mass is 418 g/mol. The Morgan fingerprint density at radius 2 is 2.04 bits per heavy atom. The number of carbonyl (C=O) groups is 1. The number of oxazole rings is 1. The lowest BCUT2D eigenvalue weighted by molar-refractivity contribution is -0.116. The van der Waals surface area contributed by atoms with Crippen LogP contribution in [0.3, 0.4) is 0 Å². The highest BCUT2D eigenvalue weighted by Crippen LogP contribution is 2.24. The van der Waals surface area contributed by atoms with Crippen molar-refractivity contribution in [3.8, 4) is 17.1 Å². The first-order valence-electron chi connectivity index (χ1n) is 7.89. The number of rotatable bonds is 6. The molecule has 0 saturated carbocycles. The van der Waals surface area contributed by atoms with Gasteiger partial charge in [0.25, 0.3) is 0 Å². The maximum atomic E-state index is 13.7. The Hall–Kier alpha value is -2.67. The molecule has 3 aromatic rings. The van der Waals surface area contributed by atoms with E-state index in [4.69, 9.17) is 9.15 Å². The zero-order valence-corrected chi connectivity index (χ0v) is 15.5. The normalized spacial score (nSPS) is 10.6. The number of hydrogen-bond donors (Lipinski definition) is 1. The fraction of sp³-hybridized carbons (Fsp3) is 0.158. The standard InChI is InChI=1S/C19H16BrFN2O3/c1-25-14-5-2-12(3-6-14)17-11-22-19(26-17)9-8-18(24)23-16-7-4-13(20)10-15(16)21/h2-7,10-11H,8-9H2,1H3,(H,23,24). The zero-order chi connectivity index (χ0) is 18.5. The number of aromatic nitrogens is 1. The van der Waals surface area contributed by atoms with Gasteiger partial charge in [-0.3, -0.25) is 4.79 Å². The number of aryl methyl sites for hydroxylation is 1. The molecule has 0 saturated heterocycles. The van der Waals surface area contributed by atoms with Crippen LogP contribution in [-0.2, 0) is 11.2 Å². The summed E-state index contributed by atoms with van der Waals surface area (Å²) in [6, 6.07) is 11.9. The molecule has 1 aromatic heterocycles. The van der Waals surface area contributed by atoms with Crippen molar-refractivity contribution >= 4 is 27.5 Å². The van der Waals surface area contributed by atoms with Gasteiger partial charge in [0.1, 0.15) is 11.6 Å². The molecule has 1 amide bonds. The Balaban J connectivity index is 1.58. The summed E-state index contributed by atoms with van der Waals surface area (Å²) in [7, 11) is 1.60. The van der Waals surface area contributed by atoms with Crippen molar-refractivity contribution in [2.45, 2.75) is 12.8 Å². The fourth-order valence-corrected chi connectivity index (χ4v) is 2.67. The first-order valence-corrected chi connectivity index (χ1v) is 8.68. The Bertz CT molecular complexity index is 909. The second-order valence-corrected chi connectivity index (χ2v) is 6.43. The Morgan fingerprint density at radius 3 is 2.73 bits per heavy atom. The molecular weight excluding hydrogens is 403 g/mol. The number of anilines is 1. The quantitative estimate of drug-likeness (QED) is 0.622. The molecule has 7 heteroatoms. The van der Waals surface area contributed by atoms with Crippen LogP contribution < -0.4 is 10.1 Å². The number of methoxy groups -OCH3 is 1. The number of ether oxygens (including phenoxy) is 1. The van der Waals surface area contributed by atoms with Crippen molar-refractivity contribution in [1.82, 2.24) is 4.98 Å². The molecule has 1 N–H and O–H groups in total. The number of benzene rings is 2. The van der Waals surface area contributed by atoms with E-state index in [1.54, 1.807) is 19.4 Å². The molecule has 0 aliphatic rings. The second-order valence-electron chi connectivity index (χ2n) is 5.52. The zero-order valence-electron chi connectivity index (χ0n) is 14.0. The van der Waals surface area contributed by atoms with Crippen LogP contribution in [0.1, 0.15) is 12.3 Å². The van der Waals surface area contributed by atoms with E-state index in [0.717, 1.165) is 11.3 Å². The number of halogens is 2. The summed E-state index contributed by atoms with van der Waals surface area (Å²) in [5, 5.41) is 2.54. The van der Waals surface area contributed by atoms with Crippen molar-refractivity contribution < 1.29 is 18.3 Å². The summed E-state index contributed by atoms with van der Waals surface area (Å²) in [5.74, 6) is 1.01. The largest absolute Gasteiger partial charge is 0.497 e. The molecule has 0 bridgehead atoms. The van der Waals surface area contributed by atoms with Crippen molar-refractivity contribution in [3.05, 3.63) is 64.8 Å². The average Bonchev–Trinajstić information content (AvgIpc) is 3.11. The van der Waals surface area contributed by atoms with Crippen molar-refractivity contribution in [2.75, 3.05) is 12.4 Å². The van der Waals surface area contributed by atoms with Gasteiger partial charge in [0.2, 0.25) is 5.91 Å². The Labute approximate surface area is 158 Å². The number of amides is 1. The van der Waals surface area contributed by atoms with E-state index in [-0.39, 0.29) is 18.0 Å². The third-order valence-corrected chi connectivity index (χ3v) is 4.19. The minimum atomic E-state index is -0.495. The summed E-state index contributed by atoms with van der Waals surface area (Å²) in [5.41, 5.74) is 1.01. The van der Waals surface area contributed by atoms with Crippen molar-refractivity contribution in [3.63, 3.8) is 0 Å². The van der Waals surface area contributed by atoms with Crippen molar-refractivity contribution in [1.29, 1.82) is 0 Å².